The van der Waals surface area contributed by atoms with Gasteiger partial charge in [-0.25, -0.2) is 0 Å². The Morgan fingerprint density at radius 1 is 1.37 bits per heavy atom. The number of hydrogen-bond donors (Lipinski definition) is 1. The zero-order chi connectivity index (χ0) is 13.4. The van der Waals surface area contributed by atoms with Crippen LogP contribution in [-0.2, 0) is 0 Å². The first kappa shape index (κ1) is 14.2. The summed E-state index contributed by atoms with van der Waals surface area (Å²) in [7, 11) is 0. The summed E-state index contributed by atoms with van der Waals surface area (Å²) in [6.07, 6.45) is 7.05. The van der Waals surface area contributed by atoms with Crippen LogP contribution in [0.3, 0.4) is 0 Å². The molecular weight excluding hydrogens is 297 g/mol. The Bertz CT molecular complexity index is 445. The molecule has 4 unspecified atom stereocenters. The van der Waals surface area contributed by atoms with Gasteiger partial charge in [-0.1, -0.05) is 36.5 Å². The van der Waals surface area contributed by atoms with Crippen molar-refractivity contribution in [3.8, 4) is 0 Å². The van der Waals surface area contributed by atoms with Gasteiger partial charge in [-0.3, -0.25) is 0 Å². The third-order valence-corrected chi connectivity index (χ3v) is 6.45. The van der Waals surface area contributed by atoms with Crippen molar-refractivity contribution >= 4 is 34.5 Å². The first-order valence-corrected chi connectivity index (χ1v) is 8.92. The van der Waals surface area contributed by atoms with Crippen molar-refractivity contribution in [2.24, 2.45) is 17.8 Å². The predicted molar refractivity (Wildman–Crippen MR) is 84.3 cm³/mol. The van der Waals surface area contributed by atoms with Crippen molar-refractivity contribution in [1.82, 2.24) is 5.32 Å². The molecule has 2 fully saturated rings. The Balaban J connectivity index is 1.72. The zero-order valence-electron chi connectivity index (χ0n) is 11.3. The van der Waals surface area contributed by atoms with E-state index in [0.717, 1.165) is 33.0 Å². The van der Waals surface area contributed by atoms with Crippen LogP contribution in [0.2, 0.25) is 8.67 Å². The lowest BCUT2D eigenvalue weighted by atomic mass is 9.83. The van der Waals surface area contributed by atoms with Crippen molar-refractivity contribution < 1.29 is 0 Å². The maximum atomic E-state index is 6.33. The molecule has 0 saturated heterocycles. The number of fused-ring (bicyclic) bond motifs is 2. The number of hydrogen-bond acceptors (Lipinski definition) is 2. The van der Waals surface area contributed by atoms with E-state index in [2.05, 4.69) is 18.3 Å². The van der Waals surface area contributed by atoms with Crippen LogP contribution in [0.1, 0.15) is 50.6 Å². The molecular formula is C15H21Cl2NS. The van der Waals surface area contributed by atoms with Gasteiger partial charge in [0.2, 0.25) is 0 Å². The van der Waals surface area contributed by atoms with Gasteiger partial charge in [-0.2, -0.15) is 0 Å². The average Bonchev–Trinajstić information content (AvgIpc) is 3.04. The maximum absolute atomic E-state index is 6.33. The van der Waals surface area contributed by atoms with Crippen LogP contribution in [0.15, 0.2) is 6.07 Å². The topological polar surface area (TPSA) is 12.0 Å². The molecule has 3 rings (SSSR count). The molecule has 0 aromatic carbocycles. The third kappa shape index (κ3) is 2.97. The van der Waals surface area contributed by atoms with Crippen LogP contribution in [0.5, 0.6) is 0 Å². The molecule has 4 heteroatoms. The van der Waals surface area contributed by atoms with Crippen molar-refractivity contribution in [1.29, 1.82) is 0 Å². The van der Waals surface area contributed by atoms with Crippen LogP contribution in [0.25, 0.3) is 0 Å². The van der Waals surface area contributed by atoms with Crippen LogP contribution in [0.4, 0.5) is 0 Å². The summed E-state index contributed by atoms with van der Waals surface area (Å²) < 4.78 is 1.66. The van der Waals surface area contributed by atoms with Crippen molar-refractivity contribution in [3.63, 3.8) is 0 Å². The zero-order valence-corrected chi connectivity index (χ0v) is 13.6. The molecule has 1 aromatic rings. The van der Waals surface area contributed by atoms with E-state index in [4.69, 9.17) is 23.2 Å². The van der Waals surface area contributed by atoms with Gasteiger partial charge >= 0.3 is 0 Å². The third-order valence-electron chi connectivity index (χ3n) is 4.93. The summed E-state index contributed by atoms with van der Waals surface area (Å²) in [5.74, 6) is 2.87. The summed E-state index contributed by atoms with van der Waals surface area (Å²) in [4.78, 5) is 0. The van der Waals surface area contributed by atoms with E-state index in [1.165, 1.54) is 49.0 Å². The smallest absolute Gasteiger partial charge is 0.0991 e. The molecule has 0 amide bonds. The van der Waals surface area contributed by atoms with E-state index in [0.29, 0.717) is 6.04 Å². The average molecular weight is 318 g/mol. The minimum Gasteiger partial charge on any atom is -0.310 e. The summed E-state index contributed by atoms with van der Waals surface area (Å²) in [5, 5.41) is 3.60. The van der Waals surface area contributed by atoms with Crippen molar-refractivity contribution in [3.05, 3.63) is 20.3 Å². The number of nitrogens with one attached hydrogen (secondary N) is 1. The molecule has 1 aromatic heterocycles. The van der Waals surface area contributed by atoms with E-state index in [-0.39, 0.29) is 0 Å². The highest BCUT2D eigenvalue weighted by Crippen LogP contribution is 2.51. The van der Waals surface area contributed by atoms with Gasteiger partial charge in [-0.05, 0) is 56.0 Å². The Morgan fingerprint density at radius 3 is 2.74 bits per heavy atom. The lowest BCUT2D eigenvalue weighted by Crippen LogP contribution is -2.25. The van der Waals surface area contributed by atoms with Crippen LogP contribution in [-0.4, -0.2) is 6.54 Å². The monoisotopic (exact) mass is 317 g/mol. The first-order chi connectivity index (χ1) is 9.17. The Kier molecular flexibility index (Phi) is 4.43. The Labute approximate surface area is 129 Å². The van der Waals surface area contributed by atoms with Crippen LogP contribution < -0.4 is 5.32 Å². The minimum absolute atomic E-state index is 0.380. The molecule has 106 valence electrons. The lowest BCUT2D eigenvalue weighted by Gasteiger charge is -2.27. The molecule has 2 aliphatic carbocycles. The van der Waals surface area contributed by atoms with Gasteiger partial charge < -0.3 is 5.32 Å². The summed E-state index contributed by atoms with van der Waals surface area (Å²) in [6.45, 7) is 3.14. The van der Waals surface area contributed by atoms with Crippen LogP contribution >= 0.6 is 34.5 Å². The highest BCUT2D eigenvalue weighted by Gasteiger charge is 2.40. The lowest BCUT2D eigenvalue weighted by molar-refractivity contribution is 0.281. The van der Waals surface area contributed by atoms with E-state index in [1.807, 2.05) is 0 Å². The van der Waals surface area contributed by atoms with Crippen molar-refractivity contribution in [2.45, 2.75) is 45.1 Å². The molecule has 19 heavy (non-hydrogen) atoms. The van der Waals surface area contributed by atoms with E-state index < -0.39 is 0 Å². The maximum Gasteiger partial charge on any atom is 0.0991 e. The Morgan fingerprint density at radius 2 is 2.21 bits per heavy atom. The van der Waals surface area contributed by atoms with Gasteiger partial charge in [0, 0.05) is 11.6 Å². The fourth-order valence-corrected chi connectivity index (χ4v) is 5.70. The summed E-state index contributed by atoms with van der Waals surface area (Å²) >= 11 is 13.9. The molecule has 4 atom stereocenters. The summed E-state index contributed by atoms with van der Waals surface area (Å²) in [6, 6.07) is 2.43. The van der Waals surface area contributed by atoms with E-state index >= 15 is 0 Å². The van der Waals surface area contributed by atoms with Gasteiger partial charge in [-0.15, -0.1) is 11.3 Å². The fraction of sp³-hybridized carbons (Fsp3) is 0.733. The van der Waals surface area contributed by atoms with Gasteiger partial charge in [0.25, 0.3) is 0 Å². The highest BCUT2D eigenvalue weighted by molar-refractivity contribution is 7.20. The molecule has 1 nitrogen and oxygen atoms in total. The molecule has 2 aliphatic rings. The van der Waals surface area contributed by atoms with E-state index in [9.17, 15) is 0 Å². The second-order valence-corrected chi connectivity index (χ2v) is 8.35. The molecule has 2 saturated carbocycles. The van der Waals surface area contributed by atoms with Crippen molar-refractivity contribution in [2.75, 3.05) is 6.54 Å². The molecule has 1 N–H and O–H groups in total. The SMILES string of the molecule is CCNC(CC1CC2CCC1C2)c1cc(Cl)sc1Cl. The standard InChI is InChI=1S/C15H21Cl2NS/c1-2-18-13(12-8-14(16)19-15(12)17)7-11-6-9-3-4-10(11)5-9/h8-11,13,18H,2-7H2,1H3. The van der Waals surface area contributed by atoms with Gasteiger partial charge in [0.1, 0.15) is 0 Å². The van der Waals surface area contributed by atoms with E-state index in [1.54, 1.807) is 0 Å². The minimum atomic E-state index is 0.380. The van der Waals surface area contributed by atoms with Gasteiger partial charge in [0.05, 0.1) is 8.67 Å². The highest BCUT2D eigenvalue weighted by atomic mass is 35.5. The summed E-state index contributed by atoms with van der Waals surface area (Å²) in [5.41, 5.74) is 1.21. The van der Waals surface area contributed by atoms with Crippen LogP contribution in [0, 0.1) is 17.8 Å². The number of halogens is 2. The molecule has 2 bridgehead atoms. The molecule has 0 radical (unpaired) electrons. The number of thiophene rings is 1. The van der Waals surface area contributed by atoms with Gasteiger partial charge in [0.15, 0.2) is 0 Å². The largest absolute Gasteiger partial charge is 0.310 e. The second-order valence-electron chi connectivity index (χ2n) is 6.06. The Hall–Kier alpha value is 0.240. The predicted octanol–water partition coefficient (Wildman–Crippen LogP) is 5.53. The second kappa shape index (κ2) is 5.93. The molecule has 0 aliphatic heterocycles. The normalized spacial score (nSPS) is 31.0. The quantitative estimate of drug-likeness (QED) is 0.752. The molecule has 1 heterocycles. The number of rotatable bonds is 5. The molecule has 0 spiro atoms. The first-order valence-electron chi connectivity index (χ1n) is 7.35. The fourth-order valence-electron chi connectivity index (χ4n) is 4.13.